The first-order chi connectivity index (χ1) is 9.82. The van der Waals surface area contributed by atoms with Gasteiger partial charge in [0.15, 0.2) is 0 Å². The molecule has 0 unspecified atom stereocenters. The molecule has 116 valence electrons. The van der Waals surface area contributed by atoms with Gasteiger partial charge in [-0.2, -0.15) is 0 Å². The molecule has 0 N–H and O–H groups in total. The number of amides is 2. The Kier molecular flexibility index (Phi) is 6.40. The minimum Gasteiger partial charge on any atom is -0.334 e. The Morgan fingerprint density at radius 1 is 0.952 bits per heavy atom. The third-order valence-electron chi connectivity index (χ3n) is 3.47. The first-order valence-electron chi connectivity index (χ1n) is 7.43. The molecule has 0 heterocycles. The zero-order chi connectivity index (χ0) is 16.0. The second-order valence-electron chi connectivity index (χ2n) is 5.84. The molecule has 0 radical (unpaired) electrons. The van der Waals surface area contributed by atoms with Crippen molar-refractivity contribution in [2.45, 2.75) is 53.2 Å². The Morgan fingerprint density at radius 2 is 1.48 bits per heavy atom. The van der Waals surface area contributed by atoms with Crippen molar-refractivity contribution in [1.29, 1.82) is 0 Å². The van der Waals surface area contributed by atoms with E-state index < -0.39 is 0 Å². The fourth-order valence-corrected chi connectivity index (χ4v) is 2.23. The summed E-state index contributed by atoms with van der Waals surface area (Å²) in [7, 11) is 0. The summed E-state index contributed by atoms with van der Waals surface area (Å²) in [4.78, 5) is 27.6. The predicted molar refractivity (Wildman–Crippen MR) is 84.7 cm³/mol. The van der Waals surface area contributed by atoms with Crippen LogP contribution in [0.2, 0.25) is 0 Å². The van der Waals surface area contributed by atoms with Gasteiger partial charge >= 0.3 is 0 Å². The van der Waals surface area contributed by atoms with Crippen LogP contribution in [0.3, 0.4) is 0 Å². The van der Waals surface area contributed by atoms with Gasteiger partial charge < -0.3 is 9.80 Å². The summed E-state index contributed by atoms with van der Waals surface area (Å²) in [5, 5.41) is 0. The van der Waals surface area contributed by atoms with Crippen molar-refractivity contribution in [1.82, 2.24) is 9.80 Å². The number of benzene rings is 1. The van der Waals surface area contributed by atoms with Crippen LogP contribution in [0, 0.1) is 0 Å². The van der Waals surface area contributed by atoms with Crippen LogP contribution in [0.5, 0.6) is 0 Å². The highest BCUT2D eigenvalue weighted by Gasteiger charge is 2.22. The molecule has 0 aromatic heterocycles. The minimum atomic E-state index is -0.0678. The molecule has 21 heavy (non-hydrogen) atoms. The number of nitrogens with zero attached hydrogens (tertiary/aromatic N) is 2. The molecule has 4 nitrogen and oxygen atoms in total. The largest absolute Gasteiger partial charge is 0.334 e. The predicted octanol–water partition coefficient (Wildman–Crippen LogP) is 2.68. The van der Waals surface area contributed by atoms with E-state index in [9.17, 15) is 9.59 Å². The van der Waals surface area contributed by atoms with Crippen LogP contribution in [0.25, 0.3) is 0 Å². The van der Waals surface area contributed by atoms with E-state index in [0.29, 0.717) is 6.54 Å². The van der Waals surface area contributed by atoms with Gasteiger partial charge in [0.05, 0.1) is 6.54 Å². The van der Waals surface area contributed by atoms with E-state index in [0.717, 1.165) is 5.56 Å². The van der Waals surface area contributed by atoms with Crippen LogP contribution in [0.4, 0.5) is 0 Å². The lowest BCUT2D eigenvalue weighted by Gasteiger charge is -2.31. The van der Waals surface area contributed by atoms with Gasteiger partial charge in [0.2, 0.25) is 11.8 Å². The van der Waals surface area contributed by atoms with Crippen LogP contribution < -0.4 is 0 Å². The summed E-state index contributed by atoms with van der Waals surface area (Å²) < 4.78 is 0. The van der Waals surface area contributed by atoms with E-state index in [2.05, 4.69) is 0 Å². The van der Waals surface area contributed by atoms with Gasteiger partial charge in [-0.1, -0.05) is 30.3 Å². The molecular formula is C17H26N2O2. The molecule has 1 aromatic rings. The SMILES string of the molecule is CC(=O)N(CC(=O)N(Cc1ccccc1)C(C)C)C(C)C. The van der Waals surface area contributed by atoms with Crippen LogP contribution in [0.1, 0.15) is 40.2 Å². The topological polar surface area (TPSA) is 40.6 Å². The molecule has 1 rings (SSSR count). The van der Waals surface area contributed by atoms with Gasteiger partial charge in [-0.05, 0) is 33.3 Å². The highest BCUT2D eigenvalue weighted by Crippen LogP contribution is 2.10. The Morgan fingerprint density at radius 3 is 1.90 bits per heavy atom. The maximum absolute atomic E-state index is 12.5. The Labute approximate surface area is 127 Å². The van der Waals surface area contributed by atoms with E-state index in [1.807, 2.05) is 62.9 Å². The van der Waals surface area contributed by atoms with Gasteiger partial charge in [0.25, 0.3) is 0 Å². The molecule has 0 atom stereocenters. The van der Waals surface area contributed by atoms with Gasteiger partial charge in [-0.15, -0.1) is 0 Å². The lowest BCUT2D eigenvalue weighted by molar-refractivity contribution is -0.142. The Bertz CT molecular complexity index is 469. The molecule has 2 amide bonds. The number of carbonyl (C=O) groups excluding carboxylic acids is 2. The van der Waals surface area contributed by atoms with Crippen molar-refractivity contribution in [3.05, 3.63) is 35.9 Å². The van der Waals surface area contributed by atoms with E-state index in [1.54, 1.807) is 4.90 Å². The fourth-order valence-electron chi connectivity index (χ4n) is 2.23. The number of carbonyl (C=O) groups is 2. The third-order valence-corrected chi connectivity index (χ3v) is 3.47. The third kappa shape index (κ3) is 5.21. The van der Waals surface area contributed by atoms with Crippen LogP contribution in [-0.4, -0.2) is 40.2 Å². The summed E-state index contributed by atoms with van der Waals surface area (Å²) in [5.74, 6) is -0.0838. The second-order valence-corrected chi connectivity index (χ2v) is 5.84. The summed E-state index contributed by atoms with van der Waals surface area (Å²) in [5.41, 5.74) is 1.10. The molecule has 0 fully saturated rings. The van der Waals surface area contributed by atoms with Crippen LogP contribution in [0.15, 0.2) is 30.3 Å². The van der Waals surface area contributed by atoms with Crippen molar-refractivity contribution in [3.63, 3.8) is 0 Å². The van der Waals surface area contributed by atoms with Gasteiger partial charge in [0.1, 0.15) is 0 Å². The van der Waals surface area contributed by atoms with Gasteiger partial charge in [-0.25, -0.2) is 0 Å². The highest BCUT2D eigenvalue weighted by molar-refractivity contribution is 5.84. The van der Waals surface area contributed by atoms with Crippen molar-refractivity contribution >= 4 is 11.8 Å². The monoisotopic (exact) mass is 290 g/mol. The number of hydrogen-bond donors (Lipinski definition) is 0. The first kappa shape index (κ1) is 17.2. The summed E-state index contributed by atoms with van der Waals surface area (Å²) in [6.07, 6.45) is 0. The van der Waals surface area contributed by atoms with Gasteiger partial charge in [-0.3, -0.25) is 9.59 Å². The number of hydrogen-bond acceptors (Lipinski definition) is 2. The Hall–Kier alpha value is -1.84. The molecule has 0 spiro atoms. The van der Waals surface area contributed by atoms with Crippen molar-refractivity contribution in [3.8, 4) is 0 Å². The maximum Gasteiger partial charge on any atom is 0.242 e. The van der Waals surface area contributed by atoms with Crippen LogP contribution >= 0.6 is 0 Å². The van der Waals surface area contributed by atoms with E-state index in [4.69, 9.17) is 0 Å². The summed E-state index contributed by atoms with van der Waals surface area (Å²) >= 11 is 0. The Balaban J connectivity index is 2.81. The zero-order valence-corrected chi connectivity index (χ0v) is 13.7. The van der Waals surface area contributed by atoms with Crippen LogP contribution in [-0.2, 0) is 16.1 Å². The molecule has 0 bridgehead atoms. The van der Waals surface area contributed by atoms with E-state index in [1.165, 1.54) is 6.92 Å². The quantitative estimate of drug-likeness (QED) is 0.808. The normalized spacial score (nSPS) is 10.8. The molecule has 4 heteroatoms. The first-order valence-corrected chi connectivity index (χ1v) is 7.43. The molecule has 0 aliphatic carbocycles. The van der Waals surface area contributed by atoms with Gasteiger partial charge in [0, 0.05) is 25.6 Å². The highest BCUT2D eigenvalue weighted by atomic mass is 16.2. The molecule has 0 aliphatic rings. The molecule has 0 aliphatic heterocycles. The van der Waals surface area contributed by atoms with E-state index in [-0.39, 0.29) is 30.4 Å². The maximum atomic E-state index is 12.5. The summed E-state index contributed by atoms with van der Waals surface area (Å²) in [6.45, 7) is 10.0. The van der Waals surface area contributed by atoms with Crippen molar-refractivity contribution < 1.29 is 9.59 Å². The standard InChI is InChI=1S/C17H26N2O2/c1-13(2)18(15(5)20)12-17(21)19(14(3)4)11-16-9-7-6-8-10-16/h6-10,13-14H,11-12H2,1-5H3. The minimum absolute atomic E-state index is 0.0160. The van der Waals surface area contributed by atoms with Crippen molar-refractivity contribution in [2.24, 2.45) is 0 Å². The molecule has 0 saturated carbocycles. The lowest BCUT2D eigenvalue weighted by Crippen LogP contribution is -2.46. The average Bonchev–Trinajstić information content (AvgIpc) is 2.42. The lowest BCUT2D eigenvalue weighted by atomic mass is 10.2. The zero-order valence-electron chi connectivity index (χ0n) is 13.7. The molecule has 1 aromatic carbocycles. The second kappa shape index (κ2) is 7.81. The summed E-state index contributed by atoms with van der Waals surface area (Å²) in [6, 6.07) is 10.0. The van der Waals surface area contributed by atoms with Crippen molar-refractivity contribution in [2.75, 3.05) is 6.54 Å². The molecular weight excluding hydrogens is 264 g/mol. The fraction of sp³-hybridized carbons (Fsp3) is 0.529. The molecule has 0 saturated heterocycles. The smallest absolute Gasteiger partial charge is 0.242 e. The van der Waals surface area contributed by atoms with E-state index >= 15 is 0 Å². The number of rotatable bonds is 6. The average molecular weight is 290 g/mol.